The summed E-state index contributed by atoms with van der Waals surface area (Å²) in [6.45, 7) is 4.15. The highest BCUT2D eigenvalue weighted by Crippen LogP contribution is 2.26. The average molecular weight is 337 g/mol. The number of imidazole rings is 1. The zero-order valence-electron chi connectivity index (χ0n) is 15.0. The number of benzene rings is 2. The summed E-state index contributed by atoms with van der Waals surface area (Å²) in [4.78, 5) is 17.6. The molecule has 1 N–H and O–H groups in total. The van der Waals surface area contributed by atoms with Crippen LogP contribution in [0.15, 0.2) is 48.5 Å². The lowest BCUT2D eigenvalue weighted by Crippen LogP contribution is -2.33. The zero-order chi connectivity index (χ0) is 18.0. The fourth-order valence-corrected chi connectivity index (χ4v) is 3.02. The molecule has 0 saturated carbocycles. The monoisotopic (exact) mass is 337 g/mol. The van der Waals surface area contributed by atoms with Crippen molar-refractivity contribution >= 4 is 16.9 Å². The van der Waals surface area contributed by atoms with E-state index in [4.69, 9.17) is 9.72 Å². The van der Waals surface area contributed by atoms with Crippen LogP contribution in [0.1, 0.15) is 36.1 Å². The first-order valence-electron chi connectivity index (χ1n) is 8.38. The van der Waals surface area contributed by atoms with E-state index in [1.807, 2.05) is 48.0 Å². The molecule has 130 valence electrons. The number of carbonyl (C=O) groups excluding carboxylic acids is 1. The Bertz CT molecular complexity index is 899. The summed E-state index contributed by atoms with van der Waals surface area (Å²) < 4.78 is 7.35. The number of carbonyl (C=O) groups is 1. The molecule has 5 nitrogen and oxygen atoms in total. The van der Waals surface area contributed by atoms with Gasteiger partial charge in [-0.25, -0.2) is 4.98 Å². The minimum atomic E-state index is -0.199. The number of para-hydroxylation sites is 3. The number of nitrogens with zero attached hydrogens (tertiary/aromatic N) is 2. The minimum absolute atomic E-state index is 0.164. The third kappa shape index (κ3) is 3.22. The maximum absolute atomic E-state index is 12.8. The molecular weight excluding hydrogens is 314 g/mol. The van der Waals surface area contributed by atoms with Crippen LogP contribution < -0.4 is 10.1 Å². The van der Waals surface area contributed by atoms with Gasteiger partial charge in [-0.1, -0.05) is 38.1 Å². The van der Waals surface area contributed by atoms with E-state index in [2.05, 4.69) is 19.2 Å². The van der Waals surface area contributed by atoms with Crippen molar-refractivity contribution in [1.82, 2.24) is 14.9 Å². The molecule has 1 atom stereocenters. The summed E-state index contributed by atoms with van der Waals surface area (Å²) in [7, 11) is 3.55. The fourth-order valence-electron chi connectivity index (χ4n) is 3.02. The normalized spacial score (nSPS) is 12.4. The smallest absolute Gasteiger partial charge is 0.255 e. The molecule has 3 rings (SSSR count). The SMILES string of the molecule is COc1ccccc1C(=O)N[C@@H](c1nc2ccccc2n1C)C(C)C. The van der Waals surface area contributed by atoms with Gasteiger partial charge in [0, 0.05) is 7.05 Å². The maximum Gasteiger partial charge on any atom is 0.255 e. The standard InChI is InChI=1S/C20H23N3O2/c1-13(2)18(19-21-15-10-6-7-11-16(15)23(19)3)22-20(24)14-9-5-8-12-17(14)25-4/h5-13,18H,1-4H3,(H,22,24)/t18-/m1/s1. The second kappa shape index (κ2) is 6.97. The van der Waals surface area contributed by atoms with Crippen LogP contribution in [0.2, 0.25) is 0 Å². The number of methoxy groups -OCH3 is 1. The molecule has 0 aliphatic heterocycles. The van der Waals surface area contributed by atoms with E-state index in [0.717, 1.165) is 16.9 Å². The number of aromatic nitrogens is 2. The van der Waals surface area contributed by atoms with E-state index in [1.165, 1.54) is 0 Å². The molecule has 3 aromatic rings. The molecule has 0 aliphatic carbocycles. The second-order valence-electron chi connectivity index (χ2n) is 6.41. The Hall–Kier alpha value is -2.82. The lowest BCUT2D eigenvalue weighted by Gasteiger charge is -2.22. The number of rotatable bonds is 5. The number of ether oxygens (including phenoxy) is 1. The summed E-state index contributed by atoms with van der Waals surface area (Å²) in [5.41, 5.74) is 2.50. The van der Waals surface area contributed by atoms with Gasteiger partial charge in [-0.15, -0.1) is 0 Å². The minimum Gasteiger partial charge on any atom is -0.496 e. The van der Waals surface area contributed by atoms with E-state index in [-0.39, 0.29) is 17.9 Å². The highest BCUT2D eigenvalue weighted by atomic mass is 16.5. The lowest BCUT2D eigenvalue weighted by atomic mass is 10.0. The lowest BCUT2D eigenvalue weighted by molar-refractivity contribution is 0.0919. The highest BCUT2D eigenvalue weighted by molar-refractivity contribution is 5.97. The van der Waals surface area contributed by atoms with Crippen LogP contribution in [-0.4, -0.2) is 22.6 Å². The van der Waals surface area contributed by atoms with E-state index in [1.54, 1.807) is 19.2 Å². The number of hydrogen-bond acceptors (Lipinski definition) is 3. The summed E-state index contributed by atoms with van der Waals surface area (Å²) in [5.74, 6) is 1.43. The molecule has 1 heterocycles. The van der Waals surface area contributed by atoms with Crippen molar-refractivity contribution < 1.29 is 9.53 Å². The van der Waals surface area contributed by atoms with Crippen LogP contribution in [0.3, 0.4) is 0 Å². The largest absolute Gasteiger partial charge is 0.496 e. The molecule has 0 bridgehead atoms. The Balaban J connectivity index is 1.96. The van der Waals surface area contributed by atoms with Gasteiger partial charge in [-0.3, -0.25) is 4.79 Å². The Morgan fingerprint density at radius 1 is 1.12 bits per heavy atom. The van der Waals surface area contributed by atoms with Crippen LogP contribution >= 0.6 is 0 Å². The van der Waals surface area contributed by atoms with E-state index >= 15 is 0 Å². The second-order valence-corrected chi connectivity index (χ2v) is 6.41. The number of hydrogen-bond donors (Lipinski definition) is 1. The van der Waals surface area contributed by atoms with Crippen molar-refractivity contribution in [3.8, 4) is 5.75 Å². The highest BCUT2D eigenvalue weighted by Gasteiger charge is 2.25. The molecule has 0 radical (unpaired) electrons. The molecule has 1 amide bonds. The van der Waals surface area contributed by atoms with Crippen molar-refractivity contribution in [3.63, 3.8) is 0 Å². The number of amides is 1. The third-order valence-corrected chi connectivity index (χ3v) is 4.40. The molecular formula is C20H23N3O2. The summed E-state index contributed by atoms with van der Waals surface area (Å²) in [6.07, 6.45) is 0. The fraction of sp³-hybridized carbons (Fsp3) is 0.300. The van der Waals surface area contributed by atoms with Crippen molar-refractivity contribution in [2.75, 3.05) is 7.11 Å². The van der Waals surface area contributed by atoms with Crippen molar-refractivity contribution in [2.24, 2.45) is 13.0 Å². The van der Waals surface area contributed by atoms with Crippen molar-refractivity contribution in [3.05, 3.63) is 59.9 Å². The van der Waals surface area contributed by atoms with E-state index < -0.39 is 0 Å². The molecule has 0 aliphatic rings. The molecule has 5 heteroatoms. The number of fused-ring (bicyclic) bond motifs is 1. The average Bonchev–Trinajstić information content (AvgIpc) is 2.96. The molecule has 0 unspecified atom stereocenters. The van der Waals surface area contributed by atoms with Crippen LogP contribution in [0.5, 0.6) is 5.75 Å². The molecule has 25 heavy (non-hydrogen) atoms. The van der Waals surface area contributed by atoms with Gasteiger partial charge in [0.2, 0.25) is 0 Å². The van der Waals surface area contributed by atoms with Crippen LogP contribution in [0.25, 0.3) is 11.0 Å². The van der Waals surface area contributed by atoms with Crippen LogP contribution in [0.4, 0.5) is 0 Å². The van der Waals surface area contributed by atoms with Gasteiger partial charge >= 0.3 is 0 Å². The molecule has 0 saturated heterocycles. The predicted molar refractivity (Wildman–Crippen MR) is 98.8 cm³/mol. The van der Waals surface area contributed by atoms with Gasteiger partial charge < -0.3 is 14.6 Å². The molecule has 0 fully saturated rings. The molecule has 0 spiro atoms. The van der Waals surface area contributed by atoms with Crippen molar-refractivity contribution in [2.45, 2.75) is 19.9 Å². The summed E-state index contributed by atoms with van der Waals surface area (Å²) >= 11 is 0. The quantitative estimate of drug-likeness (QED) is 0.772. The number of aryl methyl sites for hydroxylation is 1. The Morgan fingerprint density at radius 3 is 2.48 bits per heavy atom. The zero-order valence-corrected chi connectivity index (χ0v) is 15.0. The molecule has 1 aromatic heterocycles. The van der Waals surface area contributed by atoms with Crippen LogP contribution in [-0.2, 0) is 7.05 Å². The number of nitrogens with one attached hydrogen (secondary N) is 1. The summed E-state index contributed by atoms with van der Waals surface area (Å²) in [6, 6.07) is 15.0. The Kier molecular flexibility index (Phi) is 4.74. The Labute approximate surface area is 147 Å². The first-order valence-corrected chi connectivity index (χ1v) is 8.38. The van der Waals surface area contributed by atoms with E-state index in [9.17, 15) is 4.79 Å². The predicted octanol–water partition coefficient (Wildman–Crippen LogP) is 3.71. The Morgan fingerprint density at radius 2 is 1.80 bits per heavy atom. The van der Waals surface area contributed by atoms with Crippen molar-refractivity contribution in [1.29, 1.82) is 0 Å². The van der Waals surface area contributed by atoms with Crippen LogP contribution in [0, 0.1) is 5.92 Å². The van der Waals surface area contributed by atoms with Gasteiger partial charge in [0.05, 0.1) is 29.7 Å². The maximum atomic E-state index is 12.8. The first kappa shape index (κ1) is 17.0. The van der Waals surface area contributed by atoms with Gasteiger partial charge in [0.15, 0.2) is 0 Å². The first-order chi connectivity index (χ1) is 12.0. The van der Waals surface area contributed by atoms with E-state index in [0.29, 0.717) is 11.3 Å². The third-order valence-electron chi connectivity index (χ3n) is 4.40. The van der Waals surface area contributed by atoms with Gasteiger partial charge in [0.25, 0.3) is 5.91 Å². The van der Waals surface area contributed by atoms with Gasteiger partial charge in [0.1, 0.15) is 11.6 Å². The summed E-state index contributed by atoms with van der Waals surface area (Å²) in [5, 5.41) is 3.12. The molecule has 2 aromatic carbocycles. The van der Waals surface area contributed by atoms with Gasteiger partial charge in [-0.2, -0.15) is 0 Å². The van der Waals surface area contributed by atoms with Gasteiger partial charge in [-0.05, 0) is 30.2 Å². The topological polar surface area (TPSA) is 56.1 Å².